The van der Waals surface area contributed by atoms with E-state index < -0.39 is 0 Å². The highest BCUT2D eigenvalue weighted by Gasteiger charge is 1.93. The number of halogens is 1. The maximum Gasteiger partial charge on any atom is 0.0702 e. The minimum atomic E-state index is 1.03. The van der Waals surface area contributed by atoms with Crippen LogP contribution in [-0.4, -0.2) is 9.41 Å². The van der Waals surface area contributed by atoms with Crippen LogP contribution in [0.2, 0.25) is 0 Å². The summed E-state index contributed by atoms with van der Waals surface area (Å²) < 4.78 is 1.03. The minimum absolute atomic E-state index is 1.03. The molecule has 0 N–H and O–H groups in total. The van der Waals surface area contributed by atoms with Crippen molar-refractivity contribution in [2.75, 3.05) is 4.43 Å². The number of rotatable bonds is 2. The van der Waals surface area contributed by atoms with Crippen LogP contribution < -0.4 is 0 Å². The molecule has 2 heteroatoms. The molecule has 0 fully saturated rings. The van der Waals surface area contributed by atoms with Crippen LogP contribution >= 0.6 is 22.6 Å². The van der Waals surface area contributed by atoms with Gasteiger partial charge in [0, 0.05) is 16.0 Å². The zero-order valence-electron chi connectivity index (χ0n) is 7.65. The summed E-state index contributed by atoms with van der Waals surface area (Å²) in [5.41, 5.74) is 2.22. The number of pyridine rings is 1. The van der Waals surface area contributed by atoms with Crippen molar-refractivity contribution in [1.29, 1.82) is 0 Å². The van der Waals surface area contributed by atoms with Crippen LogP contribution in [0.1, 0.15) is 5.56 Å². The lowest BCUT2D eigenvalue weighted by Gasteiger charge is -1.97. The van der Waals surface area contributed by atoms with Gasteiger partial charge in [-0.1, -0.05) is 52.9 Å². The van der Waals surface area contributed by atoms with E-state index in [1.54, 1.807) is 0 Å². The van der Waals surface area contributed by atoms with Gasteiger partial charge >= 0.3 is 0 Å². The molecule has 70 valence electrons. The highest BCUT2D eigenvalue weighted by atomic mass is 127. The van der Waals surface area contributed by atoms with Crippen molar-refractivity contribution >= 4 is 39.6 Å². The van der Waals surface area contributed by atoms with Gasteiger partial charge in [-0.15, -0.1) is 0 Å². The van der Waals surface area contributed by atoms with Crippen molar-refractivity contribution in [2.45, 2.75) is 0 Å². The van der Waals surface area contributed by atoms with E-state index in [1.807, 2.05) is 24.4 Å². The number of para-hydroxylation sites is 1. The molecule has 0 radical (unpaired) electrons. The lowest BCUT2D eigenvalue weighted by atomic mass is 10.1. The molecular weight excluding hydrogens is 285 g/mol. The number of hydrogen-bond donors (Lipinski definition) is 0. The Morgan fingerprint density at radius 1 is 1.29 bits per heavy atom. The maximum absolute atomic E-state index is 4.38. The fraction of sp³-hybridized carbons (Fsp3) is 0.0833. The molecule has 0 saturated carbocycles. The Bertz CT molecular complexity index is 463. The molecule has 0 aliphatic carbocycles. The summed E-state index contributed by atoms with van der Waals surface area (Å²) in [5, 5.41) is 1.20. The lowest BCUT2D eigenvalue weighted by Crippen LogP contribution is -1.80. The SMILES string of the molecule is IC/C=C/c1cnc2ccccc2c1. The molecular formula is C12H10IN. The minimum Gasteiger partial charge on any atom is -0.256 e. The summed E-state index contributed by atoms with van der Waals surface area (Å²) >= 11 is 2.33. The standard InChI is InChI=1S/C12H10IN/c13-7-3-4-10-8-11-5-1-2-6-12(11)14-9-10/h1-6,8-9H,7H2/b4-3+. The van der Waals surface area contributed by atoms with Crippen LogP contribution in [0.5, 0.6) is 0 Å². The Hall–Kier alpha value is -0.900. The third-order valence-electron chi connectivity index (χ3n) is 2.01. The van der Waals surface area contributed by atoms with E-state index in [0.717, 1.165) is 9.94 Å². The number of hydrogen-bond acceptors (Lipinski definition) is 1. The second-order valence-electron chi connectivity index (χ2n) is 3.02. The van der Waals surface area contributed by atoms with Crippen molar-refractivity contribution in [3.8, 4) is 0 Å². The average molecular weight is 295 g/mol. The summed E-state index contributed by atoms with van der Waals surface area (Å²) in [7, 11) is 0. The van der Waals surface area contributed by atoms with Gasteiger partial charge in [-0.25, -0.2) is 0 Å². The van der Waals surface area contributed by atoms with Crippen LogP contribution in [0.25, 0.3) is 17.0 Å². The molecule has 0 aliphatic heterocycles. The Kier molecular flexibility index (Phi) is 3.14. The quantitative estimate of drug-likeness (QED) is 0.608. The van der Waals surface area contributed by atoms with Gasteiger partial charge in [0.1, 0.15) is 0 Å². The molecule has 0 atom stereocenters. The fourth-order valence-electron chi connectivity index (χ4n) is 1.36. The monoisotopic (exact) mass is 295 g/mol. The summed E-state index contributed by atoms with van der Waals surface area (Å²) in [6.45, 7) is 0. The van der Waals surface area contributed by atoms with Gasteiger partial charge in [0.15, 0.2) is 0 Å². The predicted molar refractivity (Wildman–Crippen MR) is 69.7 cm³/mol. The van der Waals surface area contributed by atoms with Crippen molar-refractivity contribution in [1.82, 2.24) is 4.98 Å². The Morgan fingerprint density at radius 2 is 2.14 bits per heavy atom. The molecule has 0 saturated heterocycles. The molecule has 0 unspecified atom stereocenters. The van der Waals surface area contributed by atoms with Crippen molar-refractivity contribution in [3.05, 3.63) is 48.2 Å². The van der Waals surface area contributed by atoms with Gasteiger partial charge in [0.2, 0.25) is 0 Å². The Balaban J connectivity index is 2.46. The van der Waals surface area contributed by atoms with Gasteiger partial charge in [-0.05, 0) is 17.7 Å². The molecule has 0 aliphatic rings. The average Bonchev–Trinajstić information content (AvgIpc) is 2.26. The van der Waals surface area contributed by atoms with Crippen LogP contribution in [0.3, 0.4) is 0 Å². The van der Waals surface area contributed by atoms with E-state index in [9.17, 15) is 0 Å². The van der Waals surface area contributed by atoms with Gasteiger partial charge < -0.3 is 0 Å². The molecule has 14 heavy (non-hydrogen) atoms. The first kappa shape index (κ1) is 9.65. The van der Waals surface area contributed by atoms with Crippen molar-refractivity contribution < 1.29 is 0 Å². The lowest BCUT2D eigenvalue weighted by molar-refractivity contribution is 1.40. The first-order valence-corrected chi connectivity index (χ1v) is 6.00. The zero-order chi connectivity index (χ0) is 9.80. The normalized spacial score (nSPS) is 11.2. The maximum atomic E-state index is 4.38. The smallest absolute Gasteiger partial charge is 0.0702 e. The second kappa shape index (κ2) is 4.55. The number of benzene rings is 1. The molecule has 1 nitrogen and oxygen atoms in total. The molecule has 0 spiro atoms. The van der Waals surface area contributed by atoms with E-state index in [4.69, 9.17) is 0 Å². The largest absolute Gasteiger partial charge is 0.256 e. The number of fused-ring (bicyclic) bond motifs is 1. The summed E-state index contributed by atoms with van der Waals surface area (Å²) in [5.74, 6) is 0. The highest BCUT2D eigenvalue weighted by Crippen LogP contribution is 2.13. The van der Waals surface area contributed by atoms with Crippen LogP contribution in [0, 0.1) is 0 Å². The molecule has 0 amide bonds. The van der Waals surface area contributed by atoms with E-state index in [-0.39, 0.29) is 0 Å². The van der Waals surface area contributed by atoms with Gasteiger partial charge in [0.25, 0.3) is 0 Å². The Morgan fingerprint density at radius 3 is 3.00 bits per heavy atom. The zero-order valence-corrected chi connectivity index (χ0v) is 9.81. The van der Waals surface area contributed by atoms with E-state index >= 15 is 0 Å². The first-order chi connectivity index (χ1) is 6.90. The van der Waals surface area contributed by atoms with E-state index in [2.05, 4.69) is 51.9 Å². The van der Waals surface area contributed by atoms with Crippen LogP contribution in [0.4, 0.5) is 0 Å². The van der Waals surface area contributed by atoms with Crippen molar-refractivity contribution in [3.63, 3.8) is 0 Å². The van der Waals surface area contributed by atoms with Gasteiger partial charge in [0.05, 0.1) is 5.52 Å². The predicted octanol–water partition coefficient (Wildman–Crippen LogP) is 3.68. The molecule has 0 bridgehead atoms. The number of alkyl halides is 1. The Labute approximate surface area is 97.0 Å². The summed E-state index contributed by atoms with van der Waals surface area (Å²) in [6, 6.07) is 10.3. The number of aromatic nitrogens is 1. The third-order valence-corrected chi connectivity index (χ3v) is 2.52. The molecule has 2 aromatic rings. The first-order valence-electron chi connectivity index (χ1n) is 4.47. The van der Waals surface area contributed by atoms with Gasteiger partial charge in [-0.3, -0.25) is 4.98 Å². The highest BCUT2D eigenvalue weighted by molar-refractivity contribution is 14.1. The van der Waals surface area contributed by atoms with E-state index in [0.29, 0.717) is 0 Å². The molecule has 1 aromatic carbocycles. The van der Waals surface area contributed by atoms with Gasteiger partial charge in [-0.2, -0.15) is 0 Å². The molecule has 2 rings (SSSR count). The molecule has 1 aromatic heterocycles. The van der Waals surface area contributed by atoms with Crippen molar-refractivity contribution in [2.24, 2.45) is 0 Å². The topological polar surface area (TPSA) is 12.9 Å². The fourth-order valence-corrected chi connectivity index (χ4v) is 1.61. The number of allylic oxidation sites excluding steroid dienone is 1. The van der Waals surface area contributed by atoms with E-state index in [1.165, 1.54) is 10.9 Å². The van der Waals surface area contributed by atoms with Crippen LogP contribution in [-0.2, 0) is 0 Å². The van der Waals surface area contributed by atoms with Crippen LogP contribution in [0.15, 0.2) is 42.6 Å². The summed E-state index contributed by atoms with van der Waals surface area (Å²) in [4.78, 5) is 4.38. The molecule has 1 heterocycles. The number of nitrogens with zero attached hydrogens (tertiary/aromatic N) is 1. The summed E-state index contributed by atoms with van der Waals surface area (Å²) in [6.07, 6.45) is 6.14. The second-order valence-corrected chi connectivity index (χ2v) is 3.90. The third kappa shape index (κ3) is 2.12.